The summed E-state index contributed by atoms with van der Waals surface area (Å²) >= 11 is 0. The van der Waals surface area contributed by atoms with E-state index in [4.69, 9.17) is 5.21 Å². The number of alkyl halides is 3. The van der Waals surface area contributed by atoms with E-state index in [-0.39, 0.29) is 11.3 Å². The summed E-state index contributed by atoms with van der Waals surface area (Å²) in [7, 11) is 0. The van der Waals surface area contributed by atoms with Crippen molar-refractivity contribution in [2.24, 2.45) is 5.16 Å². The van der Waals surface area contributed by atoms with Crippen molar-refractivity contribution >= 4 is 6.21 Å². The fraction of sp³-hybridized carbons (Fsp3) is 0.100. The van der Waals surface area contributed by atoms with Crippen LogP contribution in [0.25, 0.3) is 5.69 Å². The molecule has 2 aromatic rings. The summed E-state index contributed by atoms with van der Waals surface area (Å²) in [6.07, 6.45) is -1.31. The zero-order valence-electron chi connectivity index (χ0n) is 8.83. The van der Waals surface area contributed by atoms with Crippen LogP contribution in [0.4, 0.5) is 13.2 Å². The van der Waals surface area contributed by atoms with Crippen molar-refractivity contribution in [1.29, 1.82) is 0 Å². The third-order valence-corrected chi connectivity index (χ3v) is 2.20. The Morgan fingerprint density at radius 3 is 2.67 bits per heavy atom. The van der Waals surface area contributed by atoms with E-state index in [1.807, 2.05) is 0 Å². The zero-order valence-corrected chi connectivity index (χ0v) is 8.83. The third kappa shape index (κ3) is 2.31. The van der Waals surface area contributed by atoms with Crippen LogP contribution in [0.5, 0.6) is 0 Å². The topological polar surface area (TPSA) is 63.3 Å². The second-order valence-corrected chi connectivity index (χ2v) is 3.36. The number of rotatable bonds is 2. The fourth-order valence-corrected chi connectivity index (χ4v) is 1.46. The van der Waals surface area contributed by atoms with Gasteiger partial charge in [0.15, 0.2) is 0 Å². The predicted molar refractivity (Wildman–Crippen MR) is 55.7 cm³/mol. The molecule has 0 fully saturated rings. The average Bonchev–Trinajstić information content (AvgIpc) is 2.81. The van der Waals surface area contributed by atoms with Crippen molar-refractivity contribution < 1.29 is 18.4 Å². The molecule has 0 aliphatic rings. The van der Waals surface area contributed by atoms with E-state index in [0.29, 0.717) is 0 Å². The van der Waals surface area contributed by atoms with Gasteiger partial charge >= 0.3 is 6.18 Å². The highest BCUT2D eigenvalue weighted by atomic mass is 19.4. The summed E-state index contributed by atoms with van der Waals surface area (Å²) in [5.41, 5.74) is -0.894. The van der Waals surface area contributed by atoms with Crippen LogP contribution in [0.1, 0.15) is 11.1 Å². The van der Waals surface area contributed by atoms with Crippen LogP contribution in [0.2, 0.25) is 0 Å². The van der Waals surface area contributed by atoms with Gasteiger partial charge in [0.25, 0.3) is 0 Å². The molecule has 0 aliphatic carbocycles. The first-order chi connectivity index (χ1) is 8.52. The predicted octanol–water partition coefficient (Wildman–Crippen LogP) is 2.09. The van der Waals surface area contributed by atoms with Crippen molar-refractivity contribution in [3.8, 4) is 5.69 Å². The number of nitrogens with zero attached hydrogens (tertiary/aromatic N) is 4. The Kier molecular flexibility index (Phi) is 3.00. The van der Waals surface area contributed by atoms with Gasteiger partial charge in [-0.05, 0) is 17.7 Å². The second-order valence-electron chi connectivity index (χ2n) is 3.36. The van der Waals surface area contributed by atoms with Crippen LogP contribution < -0.4 is 0 Å². The maximum absolute atomic E-state index is 12.9. The highest BCUT2D eigenvalue weighted by Gasteiger charge is 2.34. The van der Waals surface area contributed by atoms with E-state index < -0.39 is 11.7 Å². The minimum atomic E-state index is -4.54. The van der Waals surface area contributed by atoms with Gasteiger partial charge in [-0.1, -0.05) is 11.2 Å². The molecule has 1 aromatic carbocycles. The average molecular weight is 256 g/mol. The molecule has 18 heavy (non-hydrogen) atoms. The van der Waals surface area contributed by atoms with Gasteiger partial charge in [0.1, 0.15) is 12.7 Å². The Balaban J connectivity index is 2.60. The van der Waals surface area contributed by atoms with Crippen LogP contribution in [-0.4, -0.2) is 26.2 Å². The largest absolute Gasteiger partial charge is 0.418 e. The van der Waals surface area contributed by atoms with E-state index in [1.54, 1.807) is 0 Å². The Labute approximate surface area is 99.2 Å². The lowest BCUT2D eigenvalue weighted by molar-refractivity contribution is -0.137. The van der Waals surface area contributed by atoms with Crippen molar-refractivity contribution in [1.82, 2.24) is 14.8 Å². The quantitative estimate of drug-likeness (QED) is 0.508. The molecular weight excluding hydrogens is 249 g/mol. The van der Waals surface area contributed by atoms with Crippen molar-refractivity contribution in [2.45, 2.75) is 6.18 Å². The van der Waals surface area contributed by atoms with E-state index >= 15 is 0 Å². The molecule has 8 heteroatoms. The van der Waals surface area contributed by atoms with Gasteiger partial charge in [-0.3, -0.25) is 0 Å². The third-order valence-electron chi connectivity index (χ3n) is 2.20. The number of hydrogen-bond acceptors (Lipinski definition) is 4. The maximum Gasteiger partial charge on any atom is 0.418 e. The number of oxime groups is 1. The van der Waals surface area contributed by atoms with Crippen LogP contribution in [0, 0.1) is 0 Å². The molecule has 0 radical (unpaired) electrons. The minimum Gasteiger partial charge on any atom is -0.411 e. The Morgan fingerprint density at radius 1 is 1.33 bits per heavy atom. The number of hydrogen-bond donors (Lipinski definition) is 1. The molecule has 1 aromatic heterocycles. The molecule has 1 heterocycles. The lowest BCUT2D eigenvalue weighted by Crippen LogP contribution is -2.12. The summed E-state index contributed by atoms with van der Waals surface area (Å²) < 4.78 is 39.7. The summed E-state index contributed by atoms with van der Waals surface area (Å²) in [6.45, 7) is 0. The van der Waals surface area contributed by atoms with E-state index in [9.17, 15) is 13.2 Å². The lowest BCUT2D eigenvalue weighted by atomic mass is 10.1. The highest BCUT2D eigenvalue weighted by molar-refractivity contribution is 5.80. The molecule has 0 atom stereocenters. The molecule has 0 spiro atoms. The summed E-state index contributed by atoms with van der Waals surface area (Å²) in [5, 5.41) is 14.7. The van der Waals surface area contributed by atoms with Gasteiger partial charge < -0.3 is 5.21 Å². The molecule has 0 aliphatic heterocycles. The van der Waals surface area contributed by atoms with Crippen LogP contribution in [0.15, 0.2) is 36.0 Å². The molecule has 2 rings (SSSR count). The molecule has 1 N–H and O–H groups in total. The monoisotopic (exact) mass is 256 g/mol. The summed E-state index contributed by atoms with van der Waals surface area (Å²) in [4.78, 5) is 3.60. The minimum absolute atomic E-state index is 0.133. The molecule has 0 saturated heterocycles. The second kappa shape index (κ2) is 4.47. The Hall–Kier alpha value is -2.38. The highest BCUT2D eigenvalue weighted by Crippen LogP contribution is 2.33. The standard InChI is InChI=1S/C10H7F3N4O/c11-10(12,13)8-3-7(4-16-18)1-2-9(8)17-6-14-5-15-17/h1-6,18H. The molecule has 5 nitrogen and oxygen atoms in total. The smallest absolute Gasteiger partial charge is 0.411 e. The SMILES string of the molecule is ON=Cc1ccc(-n2cncn2)c(C(F)(F)F)c1. The Bertz CT molecular complexity index is 563. The van der Waals surface area contributed by atoms with Crippen LogP contribution in [0.3, 0.4) is 0 Å². The number of aromatic nitrogens is 3. The Morgan fingerprint density at radius 2 is 2.11 bits per heavy atom. The molecule has 94 valence electrons. The van der Waals surface area contributed by atoms with Crippen molar-refractivity contribution in [3.05, 3.63) is 42.0 Å². The van der Waals surface area contributed by atoms with Gasteiger partial charge in [-0.2, -0.15) is 18.3 Å². The van der Waals surface area contributed by atoms with Gasteiger partial charge in [0.05, 0.1) is 17.5 Å². The molecule has 0 saturated carbocycles. The first-order valence-corrected chi connectivity index (χ1v) is 4.76. The zero-order chi connectivity index (χ0) is 13.2. The summed E-state index contributed by atoms with van der Waals surface area (Å²) in [5.74, 6) is 0. The lowest BCUT2D eigenvalue weighted by Gasteiger charge is -2.12. The van der Waals surface area contributed by atoms with E-state index in [0.717, 1.165) is 23.3 Å². The van der Waals surface area contributed by atoms with Gasteiger partial charge in [-0.25, -0.2) is 9.67 Å². The van der Waals surface area contributed by atoms with Gasteiger partial charge in [0, 0.05) is 0 Å². The molecule has 0 unspecified atom stereocenters. The van der Waals surface area contributed by atoms with Crippen molar-refractivity contribution in [3.63, 3.8) is 0 Å². The first-order valence-electron chi connectivity index (χ1n) is 4.76. The maximum atomic E-state index is 12.9. The van der Waals surface area contributed by atoms with E-state index in [1.165, 1.54) is 18.5 Å². The summed E-state index contributed by atoms with van der Waals surface area (Å²) in [6, 6.07) is 3.48. The molecule has 0 bridgehead atoms. The van der Waals surface area contributed by atoms with Crippen LogP contribution >= 0.6 is 0 Å². The fourth-order valence-electron chi connectivity index (χ4n) is 1.46. The van der Waals surface area contributed by atoms with Gasteiger partial charge in [-0.15, -0.1) is 0 Å². The normalized spacial score (nSPS) is 12.2. The van der Waals surface area contributed by atoms with E-state index in [2.05, 4.69) is 15.2 Å². The number of benzene rings is 1. The number of halogens is 3. The molecular formula is C10H7F3N4O. The van der Waals surface area contributed by atoms with Crippen LogP contribution in [-0.2, 0) is 6.18 Å². The molecule has 0 amide bonds. The van der Waals surface area contributed by atoms with Gasteiger partial charge in [0.2, 0.25) is 0 Å². The first kappa shape index (κ1) is 12.1. The van der Waals surface area contributed by atoms with Crippen molar-refractivity contribution in [2.75, 3.05) is 0 Å².